The molecule has 2 unspecified atom stereocenters. The van der Waals surface area contributed by atoms with Crippen LogP contribution >= 0.6 is 32.0 Å². The highest BCUT2D eigenvalue weighted by Gasteiger charge is 2.34. The highest BCUT2D eigenvalue weighted by atomic mass is 35.5. The first-order valence-corrected chi connectivity index (χ1v) is 17.0. The molecule has 0 bridgehead atoms. The molecule has 1 saturated heterocycles. The van der Waals surface area contributed by atoms with Crippen LogP contribution in [0.3, 0.4) is 0 Å². The predicted molar refractivity (Wildman–Crippen MR) is 171 cm³/mol. The van der Waals surface area contributed by atoms with Gasteiger partial charge in [0.1, 0.15) is 48.8 Å². The summed E-state index contributed by atoms with van der Waals surface area (Å²) >= 11 is 6.47. The third-order valence-corrected chi connectivity index (χ3v) is 11.3. The number of rotatable bonds is 12. The summed E-state index contributed by atoms with van der Waals surface area (Å²) in [5.41, 5.74) is 1.93. The number of hydrogen-bond acceptors (Lipinski definition) is 11. The fourth-order valence-corrected chi connectivity index (χ4v) is 8.52. The molecule has 2 heterocycles. The molecule has 1 aliphatic heterocycles. The first kappa shape index (κ1) is 32.0. The third-order valence-electron chi connectivity index (χ3n) is 6.67. The zero-order valence-electron chi connectivity index (χ0n) is 23.2. The fraction of sp³-hybridized carbons (Fsp3) is 0.276. The van der Waals surface area contributed by atoms with Gasteiger partial charge in [-0.05, 0) is 59.2 Å². The summed E-state index contributed by atoms with van der Waals surface area (Å²) in [5, 5.41) is 25.3. The van der Waals surface area contributed by atoms with Crippen LogP contribution in [0.4, 0.5) is 21.6 Å². The van der Waals surface area contributed by atoms with Gasteiger partial charge in [0, 0.05) is 29.3 Å². The van der Waals surface area contributed by atoms with Crippen LogP contribution in [0, 0.1) is 5.82 Å². The molecule has 3 aromatic carbocycles. The molecule has 0 aliphatic carbocycles. The normalized spacial score (nSPS) is 17.2. The Morgan fingerprint density at radius 1 is 1.14 bits per heavy atom. The third kappa shape index (κ3) is 8.01. The second-order valence-corrected chi connectivity index (χ2v) is 14.9. The number of hydrogen-bond donors (Lipinski definition) is 6. The zero-order valence-corrected chi connectivity index (χ0v) is 25.5. The second-order valence-electron chi connectivity index (χ2n) is 9.95. The summed E-state index contributed by atoms with van der Waals surface area (Å²) < 4.78 is 45.4. The van der Waals surface area contributed by atoms with E-state index in [0.717, 1.165) is 10.8 Å². The summed E-state index contributed by atoms with van der Waals surface area (Å²) in [6.07, 6.45) is 0.597. The van der Waals surface area contributed by atoms with E-state index in [0.29, 0.717) is 50.9 Å². The molecule has 1 aliphatic rings. The number of aliphatic hydroxyl groups is 2. The first-order chi connectivity index (χ1) is 21.1. The van der Waals surface area contributed by atoms with Crippen LogP contribution in [0.15, 0.2) is 60.9 Å². The van der Waals surface area contributed by atoms with Gasteiger partial charge < -0.3 is 30.3 Å². The maximum atomic E-state index is 13.5. The Hall–Kier alpha value is -3.37. The Bertz CT molecular complexity index is 1650. The predicted octanol–water partition coefficient (Wildman–Crippen LogP) is 5.98. The monoisotopic (exact) mass is 664 g/mol. The molecule has 0 saturated carbocycles. The Morgan fingerprint density at radius 3 is 2.70 bits per heavy atom. The number of carbonyl (C=O) groups is 1. The van der Waals surface area contributed by atoms with Gasteiger partial charge in [-0.2, -0.15) is 0 Å². The number of nitrogens with zero attached hydrogens (tertiary/aromatic N) is 2. The Labute approximate surface area is 262 Å². The van der Waals surface area contributed by atoms with Gasteiger partial charge in [-0.25, -0.2) is 14.4 Å². The molecule has 0 spiro atoms. The molecule has 1 aromatic heterocycles. The van der Waals surface area contributed by atoms with E-state index >= 15 is 0 Å². The lowest BCUT2D eigenvalue weighted by Gasteiger charge is -2.31. The summed E-state index contributed by atoms with van der Waals surface area (Å²) in [5.74, 6) is 0.737. The smallest absolute Gasteiger partial charge is 0.226 e. The molecule has 1 amide bonds. The lowest BCUT2D eigenvalue weighted by molar-refractivity contribution is -0.116. The number of fused-ring (bicyclic) bond motifs is 1. The molecule has 15 heteroatoms. The average molecular weight is 665 g/mol. The minimum atomic E-state index is -2.91. The Morgan fingerprint density at radius 2 is 1.98 bits per heavy atom. The van der Waals surface area contributed by atoms with Gasteiger partial charge in [0.25, 0.3) is 0 Å². The first-order valence-electron chi connectivity index (χ1n) is 13.5. The van der Waals surface area contributed by atoms with Gasteiger partial charge in [0.15, 0.2) is 0 Å². The molecular weight excluding hydrogens is 635 g/mol. The standard InChI is InChI=1S/C29H30ClFN4O7S2/c30-23-9-19(4-5-26(23)41-14-17-2-1-3-18(31)8-17)34-29-22-11-25(35-28(38)10-21-6-7-43-44(21,39)40)27(42-15-20(37)13-36)12-24(22)32-16-33-29/h1-5,8-9,11-12,16,20-21,36-37,39-40H,6-7,10,13-15H2,(H,35,38)(H,32,33,34). The molecule has 1 fully saturated rings. The van der Waals surface area contributed by atoms with Crippen molar-refractivity contribution in [3.63, 3.8) is 0 Å². The van der Waals surface area contributed by atoms with Gasteiger partial charge in [-0.15, -0.1) is 9.62 Å². The zero-order chi connectivity index (χ0) is 31.3. The Kier molecular flexibility index (Phi) is 10.3. The molecule has 11 nitrogen and oxygen atoms in total. The number of anilines is 3. The lowest BCUT2D eigenvalue weighted by Crippen LogP contribution is -2.23. The summed E-state index contributed by atoms with van der Waals surface area (Å²) in [7, 11) is -1.85. The van der Waals surface area contributed by atoms with Crippen LogP contribution in [0.1, 0.15) is 18.4 Å². The van der Waals surface area contributed by atoms with Gasteiger partial charge >= 0.3 is 0 Å². The highest BCUT2D eigenvalue weighted by molar-refractivity contribution is 8.90. The topological polar surface area (TPSA) is 166 Å². The van der Waals surface area contributed by atoms with E-state index in [-0.39, 0.29) is 36.9 Å². The number of amides is 1. The van der Waals surface area contributed by atoms with Gasteiger partial charge in [0.2, 0.25) is 5.91 Å². The molecule has 0 radical (unpaired) electrons. The van der Waals surface area contributed by atoms with Crippen molar-refractivity contribution < 1.29 is 38.0 Å². The molecule has 6 N–H and O–H groups in total. The number of benzene rings is 3. The van der Waals surface area contributed by atoms with E-state index in [1.54, 1.807) is 42.5 Å². The number of carbonyl (C=O) groups excluding carboxylic acids is 1. The molecule has 44 heavy (non-hydrogen) atoms. The second kappa shape index (κ2) is 14.2. The SMILES string of the molecule is O=C(CC1CCSS1(O)O)Nc1cc2c(Nc3ccc(OCc4cccc(F)c4)c(Cl)c3)ncnc2cc1OCC(O)CO. The maximum absolute atomic E-state index is 13.5. The number of nitrogens with one attached hydrogen (secondary N) is 2. The molecular formula is C29H30ClFN4O7S2. The highest BCUT2D eigenvalue weighted by Crippen LogP contribution is 2.63. The van der Waals surface area contributed by atoms with Gasteiger partial charge in [0.05, 0.1) is 28.1 Å². The fourth-order valence-electron chi connectivity index (χ4n) is 4.43. The quantitative estimate of drug-likeness (QED) is 0.0987. The Balaban J connectivity index is 1.38. The van der Waals surface area contributed by atoms with E-state index in [2.05, 4.69) is 20.6 Å². The van der Waals surface area contributed by atoms with Crippen molar-refractivity contribution in [1.82, 2.24) is 9.97 Å². The lowest BCUT2D eigenvalue weighted by atomic mass is 10.1. The van der Waals surface area contributed by atoms with Gasteiger partial charge in [-0.1, -0.05) is 23.7 Å². The van der Waals surface area contributed by atoms with Crippen molar-refractivity contribution >= 4 is 66.0 Å². The van der Waals surface area contributed by atoms with E-state index in [9.17, 15) is 28.5 Å². The van der Waals surface area contributed by atoms with E-state index in [1.807, 2.05) is 0 Å². The van der Waals surface area contributed by atoms with E-state index in [4.69, 9.17) is 21.1 Å². The summed E-state index contributed by atoms with van der Waals surface area (Å²) in [6, 6.07) is 14.3. The van der Waals surface area contributed by atoms with Crippen LogP contribution in [0.5, 0.6) is 11.5 Å². The maximum Gasteiger partial charge on any atom is 0.226 e. The van der Waals surface area contributed by atoms with Crippen LogP contribution < -0.4 is 20.1 Å². The molecule has 234 valence electrons. The number of ether oxygens (including phenoxy) is 2. The number of aromatic nitrogens is 2. The minimum absolute atomic E-state index is 0.103. The number of halogens is 2. The minimum Gasteiger partial charge on any atom is -0.489 e. The van der Waals surface area contributed by atoms with Crippen molar-refractivity contribution in [2.75, 3.05) is 29.6 Å². The molecule has 2 atom stereocenters. The number of aliphatic hydroxyl groups excluding tert-OH is 2. The van der Waals surface area contributed by atoms with Gasteiger partial charge in [-0.3, -0.25) is 13.9 Å². The average Bonchev–Trinajstić information content (AvgIpc) is 3.32. The van der Waals surface area contributed by atoms with Crippen molar-refractivity contribution in [2.45, 2.75) is 30.8 Å². The largest absolute Gasteiger partial charge is 0.489 e. The van der Waals surface area contributed by atoms with Crippen molar-refractivity contribution in [3.05, 3.63) is 77.3 Å². The van der Waals surface area contributed by atoms with Crippen molar-refractivity contribution in [2.24, 2.45) is 0 Å². The molecule has 5 rings (SSSR count). The summed E-state index contributed by atoms with van der Waals surface area (Å²) in [4.78, 5) is 21.6. The molecule has 4 aromatic rings. The van der Waals surface area contributed by atoms with E-state index in [1.165, 1.54) is 18.5 Å². The van der Waals surface area contributed by atoms with Crippen LogP contribution in [0.25, 0.3) is 10.9 Å². The van der Waals surface area contributed by atoms with Crippen molar-refractivity contribution in [1.29, 1.82) is 0 Å². The van der Waals surface area contributed by atoms with Crippen LogP contribution in [-0.4, -0.2) is 65.5 Å². The van der Waals surface area contributed by atoms with Crippen LogP contribution in [0.2, 0.25) is 5.02 Å². The van der Waals surface area contributed by atoms with E-state index < -0.39 is 33.5 Å². The van der Waals surface area contributed by atoms with Crippen molar-refractivity contribution in [3.8, 4) is 11.5 Å². The summed E-state index contributed by atoms with van der Waals surface area (Å²) in [6.45, 7) is -0.625. The van der Waals surface area contributed by atoms with Crippen LogP contribution in [-0.2, 0) is 11.4 Å².